The molecule has 1 aromatic heterocycles. The Morgan fingerprint density at radius 2 is 2.17 bits per heavy atom. The summed E-state index contributed by atoms with van der Waals surface area (Å²) in [5.41, 5.74) is 2.74. The van der Waals surface area contributed by atoms with Crippen LogP contribution >= 0.6 is 0 Å². The van der Waals surface area contributed by atoms with E-state index in [9.17, 15) is 4.79 Å². The number of aryl methyl sites for hydroxylation is 1. The highest BCUT2D eigenvalue weighted by molar-refractivity contribution is 5.85. The molecule has 3 nitrogen and oxygen atoms in total. The van der Waals surface area contributed by atoms with E-state index < -0.39 is 5.97 Å². The molecular formula is C15H23NO2. The lowest BCUT2D eigenvalue weighted by Gasteiger charge is -2.08. The second kappa shape index (κ2) is 7.04. The second-order valence-electron chi connectivity index (χ2n) is 5.23. The van der Waals surface area contributed by atoms with E-state index in [2.05, 4.69) is 31.8 Å². The molecule has 1 atom stereocenters. The number of nitrogens with one attached hydrogen (secondary N) is 1. The predicted octanol–water partition coefficient (Wildman–Crippen LogP) is 4.03. The molecule has 2 N–H and O–H groups in total. The Hall–Kier alpha value is -1.51. The number of aromatic amines is 1. The van der Waals surface area contributed by atoms with E-state index in [4.69, 9.17) is 5.11 Å². The minimum absolute atomic E-state index is 0.280. The first kappa shape index (κ1) is 14.6. The first-order valence-corrected chi connectivity index (χ1v) is 6.53. The molecule has 0 saturated carbocycles. The van der Waals surface area contributed by atoms with Crippen molar-refractivity contribution in [3.8, 4) is 0 Å². The molecule has 0 aliphatic carbocycles. The van der Waals surface area contributed by atoms with Crippen LogP contribution in [0.4, 0.5) is 0 Å². The Morgan fingerprint density at radius 1 is 1.44 bits per heavy atom. The Bertz CT molecular complexity index is 414. The van der Waals surface area contributed by atoms with E-state index in [0.717, 1.165) is 24.8 Å². The molecular weight excluding hydrogens is 226 g/mol. The van der Waals surface area contributed by atoms with Crippen LogP contribution in [0.25, 0.3) is 0 Å². The van der Waals surface area contributed by atoms with Crippen LogP contribution in [-0.2, 0) is 6.42 Å². The third-order valence-electron chi connectivity index (χ3n) is 3.11. The van der Waals surface area contributed by atoms with Crippen molar-refractivity contribution in [1.29, 1.82) is 0 Å². The Kier molecular flexibility index (Phi) is 5.69. The number of hydrogen-bond acceptors (Lipinski definition) is 1. The molecule has 0 saturated heterocycles. The summed E-state index contributed by atoms with van der Waals surface area (Å²) in [4.78, 5) is 13.5. The summed E-state index contributed by atoms with van der Waals surface area (Å²) < 4.78 is 0. The highest BCUT2D eigenvalue weighted by atomic mass is 16.4. The molecule has 1 rings (SSSR count). The fourth-order valence-corrected chi connectivity index (χ4v) is 1.92. The van der Waals surface area contributed by atoms with Crippen LogP contribution in [0.2, 0.25) is 0 Å². The summed E-state index contributed by atoms with van der Waals surface area (Å²) in [6.45, 7) is 6.50. The van der Waals surface area contributed by atoms with Crippen molar-refractivity contribution in [2.75, 3.05) is 0 Å². The number of carboxylic acids is 1. The summed E-state index contributed by atoms with van der Waals surface area (Å²) >= 11 is 0. The van der Waals surface area contributed by atoms with Gasteiger partial charge in [-0.1, -0.05) is 18.6 Å². The first-order chi connectivity index (χ1) is 8.49. The topological polar surface area (TPSA) is 53.1 Å². The van der Waals surface area contributed by atoms with E-state index in [0.29, 0.717) is 5.92 Å². The molecule has 3 heteroatoms. The average Bonchev–Trinajstić information content (AvgIpc) is 2.74. The van der Waals surface area contributed by atoms with Crippen LogP contribution in [-0.4, -0.2) is 16.1 Å². The van der Waals surface area contributed by atoms with Gasteiger partial charge < -0.3 is 10.1 Å². The zero-order valence-corrected chi connectivity index (χ0v) is 11.5. The van der Waals surface area contributed by atoms with Gasteiger partial charge in [0.25, 0.3) is 0 Å². The summed E-state index contributed by atoms with van der Waals surface area (Å²) in [5.74, 6) is -0.221. The smallest absolute Gasteiger partial charge is 0.352 e. The van der Waals surface area contributed by atoms with Crippen molar-refractivity contribution in [2.45, 2.75) is 46.5 Å². The second-order valence-corrected chi connectivity index (χ2v) is 5.23. The van der Waals surface area contributed by atoms with Gasteiger partial charge in [0, 0.05) is 6.20 Å². The Balaban J connectivity index is 2.31. The van der Waals surface area contributed by atoms with Crippen molar-refractivity contribution in [3.63, 3.8) is 0 Å². The van der Waals surface area contributed by atoms with Gasteiger partial charge in [-0.15, -0.1) is 0 Å². The van der Waals surface area contributed by atoms with Gasteiger partial charge in [-0.2, -0.15) is 0 Å². The number of aromatic carboxylic acids is 1. The van der Waals surface area contributed by atoms with Crippen molar-refractivity contribution < 1.29 is 9.90 Å². The number of allylic oxidation sites excluding steroid dienone is 2. The van der Waals surface area contributed by atoms with Gasteiger partial charge in [0.2, 0.25) is 0 Å². The highest BCUT2D eigenvalue weighted by Gasteiger charge is 2.07. The third kappa shape index (κ3) is 5.21. The predicted molar refractivity (Wildman–Crippen MR) is 73.9 cm³/mol. The number of hydrogen-bond donors (Lipinski definition) is 2. The van der Waals surface area contributed by atoms with Crippen LogP contribution in [0.5, 0.6) is 0 Å². The molecule has 0 spiro atoms. The summed E-state index contributed by atoms with van der Waals surface area (Å²) in [5, 5.41) is 8.81. The Labute approximate surface area is 109 Å². The van der Waals surface area contributed by atoms with Crippen LogP contribution in [0.15, 0.2) is 23.9 Å². The molecule has 1 heterocycles. The Morgan fingerprint density at radius 3 is 2.72 bits per heavy atom. The maximum absolute atomic E-state index is 10.7. The largest absolute Gasteiger partial charge is 0.477 e. The van der Waals surface area contributed by atoms with Crippen LogP contribution in [0, 0.1) is 5.92 Å². The quantitative estimate of drug-likeness (QED) is 0.717. The highest BCUT2D eigenvalue weighted by Crippen LogP contribution is 2.16. The standard InChI is InChI=1S/C15H23NO2/c1-11(2)5-4-6-12(3)7-8-13-9-14(15(17)18)16-10-13/h5,9-10,12,16H,4,6-8H2,1-3H3,(H,17,18). The molecule has 0 aliphatic rings. The minimum Gasteiger partial charge on any atom is -0.477 e. The van der Waals surface area contributed by atoms with Gasteiger partial charge in [0.1, 0.15) is 5.69 Å². The molecule has 100 valence electrons. The molecule has 0 fully saturated rings. The lowest BCUT2D eigenvalue weighted by atomic mass is 9.97. The monoisotopic (exact) mass is 249 g/mol. The van der Waals surface area contributed by atoms with Crippen LogP contribution in [0.3, 0.4) is 0 Å². The molecule has 0 aromatic carbocycles. The molecule has 1 unspecified atom stereocenters. The number of rotatable bonds is 7. The number of carboxylic acid groups (broad SMARTS) is 1. The SMILES string of the molecule is CC(C)=CCCC(C)CCc1c[nH]c(C(=O)O)c1. The van der Waals surface area contributed by atoms with Gasteiger partial charge in [-0.05, 0) is 57.1 Å². The summed E-state index contributed by atoms with van der Waals surface area (Å²) in [6, 6.07) is 1.73. The number of carbonyl (C=O) groups is 1. The van der Waals surface area contributed by atoms with Crippen molar-refractivity contribution in [1.82, 2.24) is 4.98 Å². The van der Waals surface area contributed by atoms with Crippen LogP contribution in [0.1, 0.15) is 56.1 Å². The van der Waals surface area contributed by atoms with Gasteiger partial charge in [0.15, 0.2) is 0 Å². The molecule has 1 aromatic rings. The van der Waals surface area contributed by atoms with E-state index in [1.807, 2.05) is 0 Å². The third-order valence-corrected chi connectivity index (χ3v) is 3.11. The zero-order valence-electron chi connectivity index (χ0n) is 11.5. The maximum atomic E-state index is 10.7. The molecule has 0 bridgehead atoms. The number of H-pyrrole nitrogens is 1. The fourth-order valence-electron chi connectivity index (χ4n) is 1.92. The normalized spacial score (nSPS) is 12.2. The van der Waals surface area contributed by atoms with Gasteiger partial charge >= 0.3 is 5.97 Å². The van der Waals surface area contributed by atoms with E-state index in [1.165, 1.54) is 12.0 Å². The summed E-state index contributed by atoms with van der Waals surface area (Å²) in [6.07, 6.45) is 8.45. The van der Waals surface area contributed by atoms with E-state index in [1.54, 1.807) is 12.3 Å². The molecule has 0 radical (unpaired) electrons. The van der Waals surface area contributed by atoms with Crippen LogP contribution < -0.4 is 0 Å². The minimum atomic E-state index is -0.891. The van der Waals surface area contributed by atoms with Gasteiger partial charge in [0.05, 0.1) is 0 Å². The number of aromatic nitrogens is 1. The van der Waals surface area contributed by atoms with E-state index in [-0.39, 0.29) is 5.69 Å². The molecule has 18 heavy (non-hydrogen) atoms. The van der Waals surface area contributed by atoms with Crippen molar-refractivity contribution >= 4 is 5.97 Å². The average molecular weight is 249 g/mol. The fraction of sp³-hybridized carbons (Fsp3) is 0.533. The zero-order chi connectivity index (χ0) is 13.5. The molecule has 0 amide bonds. The first-order valence-electron chi connectivity index (χ1n) is 6.53. The van der Waals surface area contributed by atoms with Gasteiger partial charge in [-0.3, -0.25) is 0 Å². The van der Waals surface area contributed by atoms with Crippen molar-refractivity contribution in [2.24, 2.45) is 5.92 Å². The van der Waals surface area contributed by atoms with E-state index >= 15 is 0 Å². The van der Waals surface area contributed by atoms with Crippen molar-refractivity contribution in [3.05, 3.63) is 35.2 Å². The molecule has 0 aliphatic heterocycles. The lowest BCUT2D eigenvalue weighted by Crippen LogP contribution is -1.97. The summed E-state index contributed by atoms with van der Waals surface area (Å²) in [7, 11) is 0. The van der Waals surface area contributed by atoms with Gasteiger partial charge in [-0.25, -0.2) is 4.79 Å². The maximum Gasteiger partial charge on any atom is 0.352 e. The lowest BCUT2D eigenvalue weighted by molar-refractivity contribution is 0.0691.